The minimum Gasteiger partial charge on any atom is -0.338 e. The molecule has 3 heterocycles. The van der Waals surface area contributed by atoms with Crippen LogP contribution in [0.4, 0.5) is 4.79 Å². The molecule has 4 nitrogen and oxygen atoms in total. The molecule has 0 aliphatic carbocycles. The molecule has 1 saturated heterocycles. The molecule has 1 aliphatic rings. The van der Waals surface area contributed by atoms with Gasteiger partial charge < -0.3 is 10.2 Å². The van der Waals surface area contributed by atoms with Crippen molar-refractivity contribution in [1.82, 2.24) is 15.1 Å². The van der Waals surface area contributed by atoms with Crippen LogP contribution in [-0.4, -0.2) is 42.5 Å². The summed E-state index contributed by atoms with van der Waals surface area (Å²) in [5.74, 6) is 0.577. The molecule has 1 N–H and O–H groups in total. The standard InChI is InChI=1S/C18H24ClN3OS2/c1-21(12-16-4-5-17(19)25-16)18(23)20-11-14-6-8-22(9-7-14)13-15-3-2-10-24-15/h2-5,10,14H,6-9,11-13H2,1H3,(H,20,23). The van der Waals surface area contributed by atoms with Crippen LogP contribution in [0.1, 0.15) is 22.6 Å². The van der Waals surface area contributed by atoms with Crippen LogP contribution in [0.2, 0.25) is 4.34 Å². The highest BCUT2D eigenvalue weighted by Gasteiger charge is 2.20. The number of piperidine rings is 1. The molecule has 3 rings (SSSR count). The highest BCUT2D eigenvalue weighted by Crippen LogP contribution is 2.23. The fraction of sp³-hybridized carbons (Fsp3) is 0.500. The van der Waals surface area contributed by atoms with Gasteiger partial charge in [-0.15, -0.1) is 22.7 Å². The highest BCUT2D eigenvalue weighted by atomic mass is 35.5. The lowest BCUT2D eigenvalue weighted by atomic mass is 9.97. The predicted octanol–water partition coefficient (Wildman–Crippen LogP) is 4.52. The fourth-order valence-corrected chi connectivity index (χ4v) is 4.97. The molecular weight excluding hydrogens is 374 g/mol. The summed E-state index contributed by atoms with van der Waals surface area (Å²) in [6.45, 7) is 4.65. The first kappa shape index (κ1) is 18.7. The summed E-state index contributed by atoms with van der Waals surface area (Å²) in [4.78, 5) is 19.0. The van der Waals surface area contributed by atoms with E-state index in [4.69, 9.17) is 11.6 Å². The molecule has 2 aromatic rings. The number of nitrogens with one attached hydrogen (secondary N) is 1. The van der Waals surface area contributed by atoms with Gasteiger partial charge in [0.1, 0.15) is 0 Å². The van der Waals surface area contributed by atoms with E-state index in [2.05, 4.69) is 27.7 Å². The normalized spacial score (nSPS) is 16.1. The second-order valence-electron chi connectivity index (χ2n) is 6.55. The number of halogens is 1. The van der Waals surface area contributed by atoms with Crippen LogP contribution in [-0.2, 0) is 13.1 Å². The lowest BCUT2D eigenvalue weighted by Gasteiger charge is -2.32. The second kappa shape index (κ2) is 9.03. The van der Waals surface area contributed by atoms with Crippen LogP contribution in [0, 0.1) is 5.92 Å². The molecule has 0 radical (unpaired) electrons. The number of carbonyl (C=O) groups is 1. The summed E-state index contributed by atoms with van der Waals surface area (Å²) >= 11 is 9.28. The summed E-state index contributed by atoms with van der Waals surface area (Å²) < 4.78 is 0.762. The van der Waals surface area contributed by atoms with Crippen LogP contribution in [0.5, 0.6) is 0 Å². The maximum atomic E-state index is 12.3. The fourth-order valence-electron chi connectivity index (χ4n) is 3.08. The summed E-state index contributed by atoms with van der Waals surface area (Å²) in [5.41, 5.74) is 0. The molecule has 1 aliphatic heterocycles. The van der Waals surface area contributed by atoms with Gasteiger partial charge in [0.25, 0.3) is 0 Å². The molecular formula is C18H24ClN3OS2. The SMILES string of the molecule is CN(Cc1ccc(Cl)s1)C(=O)NCC1CCN(Cc2cccs2)CC1. The van der Waals surface area contributed by atoms with Gasteiger partial charge in [-0.1, -0.05) is 17.7 Å². The number of rotatable bonds is 6. The van der Waals surface area contributed by atoms with Gasteiger partial charge in [0.2, 0.25) is 0 Å². The molecule has 0 atom stereocenters. The van der Waals surface area contributed by atoms with E-state index in [0.29, 0.717) is 12.5 Å². The predicted molar refractivity (Wildman–Crippen MR) is 107 cm³/mol. The molecule has 2 aromatic heterocycles. The molecule has 2 amide bonds. The van der Waals surface area contributed by atoms with Gasteiger partial charge >= 0.3 is 6.03 Å². The Balaban J connectivity index is 1.35. The first-order valence-corrected chi connectivity index (χ1v) is 10.7. The van der Waals surface area contributed by atoms with Gasteiger partial charge in [-0.05, 0) is 55.4 Å². The van der Waals surface area contributed by atoms with E-state index in [-0.39, 0.29) is 6.03 Å². The Morgan fingerprint density at radius 2 is 2.12 bits per heavy atom. The number of urea groups is 1. The molecule has 7 heteroatoms. The van der Waals surface area contributed by atoms with Crippen LogP contribution in [0.3, 0.4) is 0 Å². The van der Waals surface area contributed by atoms with Crippen LogP contribution in [0.15, 0.2) is 29.6 Å². The molecule has 0 spiro atoms. The van der Waals surface area contributed by atoms with Crippen LogP contribution >= 0.6 is 34.3 Å². The van der Waals surface area contributed by atoms with Gasteiger partial charge in [-0.25, -0.2) is 4.79 Å². The summed E-state index contributed by atoms with van der Waals surface area (Å²) in [6.07, 6.45) is 2.30. The van der Waals surface area contributed by atoms with Gasteiger partial charge in [0, 0.05) is 29.9 Å². The van der Waals surface area contributed by atoms with Gasteiger partial charge in [-0.3, -0.25) is 4.90 Å². The third kappa shape index (κ3) is 5.71. The average molecular weight is 398 g/mol. The number of hydrogen-bond donors (Lipinski definition) is 1. The van der Waals surface area contributed by atoms with E-state index in [1.165, 1.54) is 16.2 Å². The summed E-state index contributed by atoms with van der Waals surface area (Å²) in [5, 5.41) is 5.22. The van der Waals surface area contributed by atoms with Gasteiger partial charge in [0.15, 0.2) is 0 Å². The maximum absolute atomic E-state index is 12.3. The Kier molecular flexibility index (Phi) is 6.76. The topological polar surface area (TPSA) is 35.6 Å². The van der Waals surface area contributed by atoms with Gasteiger partial charge in [0.05, 0.1) is 10.9 Å². The molecule has 25 heavy (non-hydrogen) atoms. The molecule has 136 valence electrons. The van der Waals surface area contributed by atoms with Crippen molar-refractivity contribution in [3.8, 4) is 0 Å². The third-order valence-electron chi connectivity index (χ3n) is 4.58. The highest BCUT2D eigenvalue weighted by molar-refractivity contribution is 7.16. The van der Waals surface area contributed by atoms with Crippen molar-refractivity contribution in [3.63, 3.8) is 0 Å². The quantitative estimate of drug-likeness (QED) is 0.777. The van der Waals surface area contributed by atoms with Crippen LogP contribution < -0.4 is 5.32 Å². The molecule has 0 aromatic carbocycles. The zero-order valence-corrected chi connectivity index (χ0v) is 16.8. The number of nitrogens with zero attached hydrogens (tertiary/aromatic N) is 2. The Morgan fingerprint density at radius 1 is 1.32 bits per heavy atom. The Labute approximate surface area is 162 Å². The van der Waals surface area contributed by atoms with Crippen LogP contribution in [0.25, 0.3) is 0 Å². The van der Waals surface area contributed by atoms with Crippen molar-refractivity contribution in [1.29, 1.82) is 0 Å². The van der Waals surface area contributed by atoms with Crippen molar-refractivity contribution >= 4 is 40.3 Å². The second-order valence-corrected chi connectivity index (χ2v) is 9.38. The average Bonchev–Trinajstić information content (AvgIpc) is 3.25. The van der Waals surface area contributed by atoms with E-state index in [0.717, 1.165) is 48.2 Å². The van der Waals surface area contributed by atoms with Crippen molar-refractivity contribution < 1.29 is 4.79 Å². The first-order valence-electron chi connectivity index (χ1n) is 8.58. The minimum absolute atomic E-state index is 0.00876. The summed E-state index contributed by atoms with van der Waals surface area (Å²) in [6, 6.07) is 8.15. The van der Waals surface area contributed by atoms with E-state index in [1.54, 1.807) is 4.90 Å². The number of amides is 2. The van der Waals surface area contributed by atoms with E-state index >= 15 is 0 Å². The van der Waals surface area contributed by atoms with Gasteiger partial charge in [-0.2, -0.15) is 0 Å². The van der Waals surface area contributed by atoms with E-state index < -0.39 is 0 Å². The zero-order valence-electron chi connectivity index (χ0n) is 14.4. The maximum Gasteiger partial charge on any atom is 0.317 e. The number of likely N-dealkylation sites (tertiary alicyclic amines) is 1. The molecule has 1 fully saturated rings. The van der Waals surface area contributed by atoms with E-state index in [9.17, 15) is 4.79 Å². The molecule has 0 bridgehead atoms. The first-order chi connectivity index (χ1) is 12.1. The lowest BCUT2D eigenvalue weighted by molar-refractivity contribution is 0.171. The number of thiophene rings is 2. The monoisotopic (exact) mass is 397 g/mol. The lowest BCUT2D eigenvalue weighted by Crippen LogP contribution is -2.42. The number of hydrogen-bond acceptors (Lipinski definition) is 4. The molecule has 0 unspecified atom stereocenters. The minimum atomic E-state index is -0.00876. The third-order valence-corrected chi connectivity index (χ3v) is 6.65. The Morgan fingerprint density at radius 3 is 2.76 bits per heavy atom. The van der Waals surface area contributed by atoms with E-state index in [1.807, 2.05) is 30.5 Å². The Hall–Kier alpha value is -1.08. The van der Waals surface area contributed by atoms with Crippen molar-refractivity contribution in [3.05, 3.63) is 43.7 Å². The summed E-state index contributed by atoms with van der Waals surface area (Å²) in [7, 11) is 1.83. The Bertz CT molecular complexity index is 666. The van der Waals surface area contributed by atoms with Crippen molar-refractivity contribution in [2.24, 2.45) is 5.92 Å². The largest absolute Gasteiger partial charge is 0.338 e. The van der Waals surface area contributed by atoms with Crippen molar-refractivity contribution in [2.75, 3.05) is 26.7 Å². The zero-order chi connectivity index (χ0) is 17.6. The number of carbonyl (C=O) groups excluding carboxylic acids is 1. The van der Waals surface area contributed by atoms with Crippen molar-refractivity contribution in [2.45, 2.75) is 25.9 Å². The smallest absolute Gasteiger partial charge is 0.317 e. The molecule has 0 saturated carbocycles.